The van der Waals surface area contributed by atoms with E-state index in [4.69, 9.17) is 4.74 Å². The summed E-state index contributed by atoms with van der Waals surface area (Å²) >= 11 is 0. The predicted octanol–water partition coefficient (Wildman–Crippen LogP) is 4.40. The van der Waals surface area contributed by atoms with Gasteiger partial charge in [-0.05, 0) is 37.8 Å². The molecular formula is C17H26O2. The summed E-state index contributed by atoms with van der Waals surface area (Å²) in [5.41, 5.74) is 2.15. The Morgan fingerprint density at radius 1 is 1.11 bits per heavy atom. The van der Waals surface area contributed by atoms with Crippen molar-refractivity contribution in [1.29, 1.82) is 0 Å². The molecule has 0 amide bonds. The van der Waals surface area contributed by atoms with Gasteiger partial charge in [0.25, 0.3) is 0 Å². The number of rotatable bonds is 3. The second kappa shape index (κ2) is 6.95. The van der Waals surface area contributed by atoms with Crippen molar-refractivity contribution in [3.8, 4) is 5.75 Å². The van der Waals surface area contributed by atoms with E-state index in [0.717, 1.165) is 24.2 Å². The average Bonchev–Trinajstić information content (AvgIpc) is 2.37. The second-order valence-corrected chi connectivity index (χ2v) is 5.80. The van der Waals surface area contributed by atoms with Crippen molar-refractivity contribution < 1.29 is 9.84 Å². The van der Waals surface area contributed by atoms with Crippen molar-refractivity contribution in [2.75, 3.05) is 7.11 Å². The number of benzene rings is 1. The van der Waals surface area contributed by atoms with Gasteiger partial charge in [-0.15, -0.1) is 0 Å². The Bertz CT molecular complexity index is 392. The third-order valence-electron chi connectivity index (χ3n) is 4.30. The van der Waals surface area contributed by atoms with Crippen LogP contribution >= 0.6 is 0 Å². The Morgan fingerprint density at radius 2 is 1.74 bits per heavy atom. The van der Waals surface area contributed by atoms with E-state index in [9.17, 15) is 5.11 Å². The third kappa shape index (κ3) is 3.73. The van der Waals surface area contributed by atoms with Gasteiger partial charge in [-0.2, -0.15) is 0 Å². The zero-order chi connectivity index (χ0) is 13.7. The molecule has 1 aliphatic rings. The summed E-state index contributed by atoms with van der Waals surface area (Å²) in [5, 5.41) is 10.7. The van der Waals surface area contributed by atoms with Gasteiger partial charge in [0.1, 0.15) is 5.75 Å². The first-order chi connectivity index (χ1) is 9.22. The van der Waals surface area contributed by atoms with E-state index < -0.39 is 0 Å². The number of aliphatic hydroxyl groups excluding tert-OH is 1. The molecule has 2 heteroatoms. The van der Waals surface area contributed by atoms with Crippen LogP contribution < -0.4 is 4.74 Å². The van der Waals surface area contributed by atoms with Crippen molar-refractivity contribution >= 4 is 0 Å². The van der Waals surface area contributed by atoms with Gasteiger partial charge in [-0.1, -0.05) is 43.7 Å². The SMILES string of the molecule is COc1ccc(C)cc1C(O)C1CCCCCCC1. The molecule has 0 aliphatic heterocycles. The lowest BCUT2D eigenvalue weighted by Crippen LogP contribution is -2.15. The Labute approximate surface area is 116 Å². The smallest absolute Gasteiger partial charge is 0.124 e. The van der Waals surface area contributed by atoms with Crippen LogP contribution in [-0.2, 0) is 0 Å². The van der Waals surface area contributed by atoms with Gasteiger partial charge in [0.2, 0.25) is 0 Å². The Balaban J connectivity index is 2.16. The van der Waals surface area contributed by atoms with Crippen LogP contribution in [0.1, 0.15) is 62.2 Å². The zero-order valence-corrected chi connectivity index (χ0v) is 12.2. The maximum absolute atomic E-state index is 10.7. The number of aryl methyl sites for hydroxylation is 1. The molecule has 1 atom stereocenters. The van der Waals surface area contributed by atoms with E-state index >= 15 is 0 Å². The first-order valence-electron chi connectivity index (χ1n) is 7.55. The number of methoxy groups -OCH3 is 1. The summed E-state index contributed by atoms with van der Waals surface area (Å²) < 4.78 is 5.41. The van der Waals surface area contributed by atoms with E-state index in [1.807, 2.05) is 12.1 Å². The quantitative estimate of drug-likeness (QED) is 0.875. The molecule has 0 heterocycles. The Morgan fingerprint density at radius 3 is 2.37 bits per heavy atom. The molecule has 1 aromatic rings. The lowest BCUT2D eigenvalue weighted by molar-refractivity contribution is 0.0887. The second-order valence-electron chi connectivity index (χ2n) is 5.80. The Hall–Kier alpha value is -1.02. The molecule has 0 spiro atoms. The summed E-state index contributed by atoms with van der Waals surface area (Å²) in [6, 6.07) is 6.08. The summed E-state index contributed by atoms with van der Waals surface area (Å²) in [6.07, 6.45) is 8.37. The maximum atomic E-state index is 10.7. The molecule has 1 saturated carbocycles. The molecule has 1 aliphatic carbocycles. The number of aliphatic hydroxyl groups is 1. The molecule has 2 nitrogen and oxygen atoms in total. The molecule has 2 rings (SSSR count). The number of hydrogen-bond acceptors (Lipinski definition) is 2. The minimum Gasteiger partial charge on any atom is -0.496 e. The van der Waals surface area contributed by atoms with Crippen LogP contribution in [0.15, 0.2) is 18.2 Å². The highest BCUT2D eigenvalue weighted by molar-refractivity contribution is 5.38. The highest BCUT2D eigenvalue weighted by Crippen LogP contribution is 2.37. The lowest BCUT2D eigenvalue weighted by atomic mass is 9.84. The van der Waals surface area contributed by atoms with Crippen LogP contribution in [-0.4, -0.2) is 12.2 Å². The first-order valence-corrected chi connectivity index (χ1v) is 7.55. The maximum Gasteiger partial charge on any atom is 0.124 e. The molecule has 0 bridgehead atoms. The van der Waals surface area contributed by atoms with Crippen molar-refractivity contribution in [2.24, 2.45) is 5.92 Å². The van der Waals surface area contributed by atoms with Gasteiger partial charge in [-0.25, -0.2) is 0 Å². The van der Waals surface area contributed by atoms with Crippen LogP contribution in [0.4, 0.5) is 0 Å². The average molecular weight is 262 g/mol. The molecule has 106 valence electrons. The topological polar surface area (TPSA) is 29.5 Å². The van der Waals surface area contributed by atoms with E-state index in [1.165, 1.54) is 37.7 Å². The monoisotopic (exact) mass is 262 g/mol. The fraction of sp³-hybridized carbons (Fsp3) is 0.647. The number of hydrogen-bond donors (Lipinski definition) is 1. The molecule has 1 fully saturated rings. The summed E-state index contributed by atoms with van der Waals surface area (Å²) in [4.78, 5) is 0. The van der Waals surface area contributed by atoms with Gasteiger partial charge in [0, 0.05) is 5.56 Å². The molecule has 19 heavy (non-hydrogen) atoms. The fourth-order valence-corrected chi connectivity index (χ4v) is 3.14. The van der Waals surface area contributed by atoms with E-state index in [2.05, 4.69) is 13.0 Å². The van der Waals surface area contributed by atoms with Crippen molar-refractivity contribution in [3.05, 3.63) is 29.3 Å². The van der Waals surface area contributed by atoms with Gasteiger partial charge in [0.05, 0.1) is 13.2 Å². The fourth-order valence-electron chi connectivity index (χ4n) is 3.14. The van der Waals surface area contributed by atoms with Crippen LogP contribution in [0.3, 0.4) is 0 Å². The van der Waals surface area contributed by atoms with Crippen molar-refractivity contribution in [1.82, 2.24) is 0 Å². The van der Waals surface area contributed by atoms with E-state index in [-0.39, 0.29) is 6.10 Å². The van der Waals surface area contributed by atoms with Gasteiger partial charge in [-0.3, -0.25) is 0 Å². The molecule has 1 unspecified atom stereocenters. The highest BCUT2D eigenvalue weighted by Gasteiger charge is 2.24. The van der Waals surface area contributed by atoms with Gasteiger partial charge < -0.3 is 9.84 Å². The normalized spacial score (nSPS) is 19.5. The summed E-state index contributed by atoms with van der Waals surface area (Å²) in [6.45, 7) is 2.06. The van der Waals surface area contributed by atoms with E-state index in [0.29, 0.717) is 5.92 Å². The van der Waals surface area contributed by atoms with Crippen LogP contribution in [0, 0.1) is 12.8 Å². The van der Waals surface area contributed by atoms with Crippen LogP contribution in [0.25, 0.3) is 0 Å². The molecule has 1 aromatic carbocycles. The zero-order valence-electron chi connectivity index (χ0n) is 12.2. The highest BCUT2D eigenvalue weighted by atomic mass is 16.5. The molecule has 0 radical (unpaired) electrons. The van der Waals surface area contributed by atoms with E-state index in [1.54, 1.807) is 7.11 Å². The summed E-state index contributed by atoms with van der Waals surface area (Å²) in [5.74, 6) is 1.20. The summed E-state index contributed by atoms with van der Waals surface area (Å²) in [7, 11) is 1.68. The molecule has 0 saturated heterocycles. The van der Waals surface area contributed by atoms with Gasteiger partial charge in [0.15, 0.2) is 0 Å². The van der Waals surface area contributed by atoms with Crippen molar-refractivity contribution in [3.63, 3.8) is 0 Å². The largest absolute Gasteiger partial charge is 0.496 e. The standard InChI is InChI=1S/C17H26O2/c1-13-10-11-16(19-2)15(12-13)17(18)14-8-6-4-3-5-7-9-14/h10-12,14,17-18H,3-9H2,1-2H3. The minimum atomic E-state index is -0.382. The molecule has 1 N–H and O–H groups in total. The lowest BCUT2D eigenvalue weighted by Gasteiger charge is -2.26. The van der Waals surface area contributed by atoms with Crippen LogP contribution in [0.2, 0.25) is 0 Å². The Kier molecular flexibility index (Phi) is 5.26. The first kappa shape index (κ1) is 14.4. The van der Waals surface area contributed by atoms with Crippen molar-refractivity contribution in [2.45, 2.75) is 58.0 Å². The minimum absolute atomic E-state index is 0.382. The predicted molar refractivity (Wildman–Crippen MR) is 78.5 cm³/mol. The number of ether oxygens (including phenoxy) is 1. The third-order valence-corrected chi connectivity index (χ3v) is 4.30. The molecular weight excluding hydrogens is 236 g/mol. The van der Waals surface area contributed by atoms with Crippen LogP contribution in [0.5, 0.6) is 5.75 Å². The molecule has 0 aromatic heterocycles. The van der Waals surface area contributed by atoms with Gasteiger partial charge >= 0.3 is 0 Å².